The lowest BCUT2D eigenvalue weighted by Gasteiger charge is -2.24. The van der Waals surface area contributed by atoms with Crippen LogP contribution >= 0.6 is 0 Å². The van der Waals surface area contributed by atoms with Crippen molar-refractivity contribution < 1.29 is 9.53 Å². The molecule has 1 amide bonds. The van der Waals surface area contributed by atoms with Crippen molar-refractivity contribution >= 4 is 11.6 Å². The van der Waals surface area contributed by atoms with E-state index in [4.69, 9.17) is 10.5 Å². The third-order valence-corrected chi connectivity index (χ3v) is 3.27. The highest BCUT2D eigenvalue weighted by Crippen LogP contribution is 2.17. The average molecular weight is 278 g/mol. The van der Waals surface area contributed by atoms with Gasteiger partial charge in [0.15, 0.2) is 0 Å². The highest BCUT2D eigenvalue weighted by molar-refractivity contribution is 5.74. The Kier molecular flexibility index (Phi) is 7.73. The van der Waals surface area contributed by atoms with Crippen LogP contribution in [0, 0.1) is 6.92 Å². The molecule has 0 saturated carbocycles. The molecule has 0 aromatic heterocycles. The van der Waals surface area contributed by atoms with E-state index < -0.39 is 0 Å². The smallest absolute Gasteiger partial charge is 0.219 e. The van der Waals surface area contributed by atoms with Crippen LogP contribution in [0.2, 0.25) is 0 Å². The zero-order valence-electron chi connectivity index (χ0n) is 12.6. The highest BCUT2D eigenvalue weighted by atomic mass is 16.5. The van der Waals surface area contributed by atoms with Crippen molar-refractivity contribution in [3.8, 4) is 0 Å². The summed E-state index contributed by atoms with van der Waals surface area (Å²) in [5.74, 6) is -0.248. The first-order valence-corrected chi connectivity index (χ1v) is 7.22. The van der Waals surface area contributed by atoms with Gasteiger partial charge in [-0.2, -0.15) is 0 Å². The van der Waals surface area contributed by atoms with Gasteiger partial charge in [0.05, 0.1) is 0 Å². The van der Waals surface area contributed by atoms with Crippen LogP contribution in [0.15, 0.2) is 24.3 Å². The Balaban J connectivity index is 2.53. The molecule has 1 aromatic rings. The number of methoxy groups -OCH3 is 1. The van der Waals surface area contributed by atoms with E-state index in [9.17, 15) is 4.79 Å². The van der Waals surface area contributed by atoms with E-state index in [1.807, 2.05) is 6.07 Å². The zero-order chi connectivity index (χ0) is 14.8. The molecular weight excluding hydrogens is 252 g/mol. The summed E-state index contributed by atoms with van der Waals surface area (Å²) in [6, 6.07) is 8.36. The van der Waals surface area contributed by atoms with Gasteiger partial charge in [0.25, 0.3) is 0 Å². The molecule has 4 nitrogen and oxygen atoms in total. The maximum absolute atomic E-state index is 11.0. The fourth-order valence-corrected chi connectivity index (χ4v) is 2.17. The molecule has 0 radical (unpaired) electrons. The van der Waals surface area contributed by atoms with Gasteiger partial charge in [-0.05, 0) is 43.9 Å². The quantitative estimate of drug-likeness (QED) is 0.669. The molecule has 1 rings (SSSR count). The summed E-state index contributed by atoms with van der Waals surface area (Å²) >= 11 is 0. The average Bonchev–Trinajstić information content (AvgIpc) is 2.41. The normalized spacial score (nSPS) is 10.5. The number of nitrogens with zero attached hydrogens (tertiary/aromatic N) is 1. The molecule has 0 heterocycles. The maximum atomic E-state index is 11.0. The summed E-state index contributed by atoms with van der Waals surface area (Å²) < 4.78 is 5.05. The molecule has 0 fully saturated rings. The van der Waals surface area contributed by atoms with Crippen molar-refractivity contribution in [3.63, 3.8) is 0 Å². The zero-order valence-corrected chi connectivity index (χ0v) is 12.6. The molecule has 0 aliphatic rings. The number of benzene rings is 1. The van der Waals surface area contributed by atoms with Gasteiger partial charge in [0, 0.05) is 38.9 Å². The first-order chi connectivity index (χ1) is 9.63. The third kappa shape index (κ3) is 6.57. The number of nitrogens with two attached hydrogens (primary N) is 1. The van der Waals surface area contributed by atoms with Gasteiger partial charge >= 0.3 is 0 Å². The Morgan fingerprint density at radius 3 is 2.70 bits per heavy atom. The number of primary amides is 1. The van der Waals surface area contributed by atoms with E-state index >= 15 is 0 Å². The Bertz CT molecular complexity index is 407. The van der Waals surface area contributed by atoms with Crippen LogP contribution in [0.5, 0.6) is 0 Å². The summed E-state index contributed by atoms with van der Waals surface area (Å²) in [6.07, 6.45) is 3.70. The van der Waals surface area contributed by atoms with Crippen LogP contribution in [0.25, 0.3) is 0 Å². The number of aryl methyl sites for hydroxylation is 1. The molecule has 0 bridgehead atoms. The van der Waals surface area contributed by atoms with Crippen molar-refractivity contribution in [3.05, 3.63) is 29.8 Å². The van der Waals surface area contributed by atoms with E-state index in [1.165, 1.54) is 5.56 Å². The van der Waals surface area contributed by atoms with Gasteiger partial charge in [-0.15, -0.1) is 0 Å². The number of carbonyl (C=O) groups excluding carboxylic acids is 1. The van der Waals surface area contributed by atoms with Crippen molar-refractivity contribution in [2.75, 3.05) is 31.7 Å². The molecule has 0 unspecified atom stereocenters. The SMILES string of the molecule is COCCCCCN(CCC(N)=O)c1cccc(C)c1. The van der Waals surface area contributed by atoms with Gasteiger partial charge < -0.3 is 15.4 Å². The van der Waals surface area contributed by atoms with Gasteiger partial charge in [0.1, 0.15) is 0 Å². The molecule has 0 atom stereocenters. The summed E-state index contributed by atoms with van der Waals surface area (Å²) in [5, 5.41) is 0. The van der Waals surface area contributed by atoms with E-state index in [0.29, 0.717) is 13.0 Å². The second-order valence-electron chi connectivity index (χ2n) is 5.10. The van der Waals surface area contributed by atoms with E-state index in [2.05, 4.69) is 30.0 Å². The van der Waals surface area contributed by atoms with Gasteiger partial charge in [-0.25, -0.2) is 0 Å². The lowest BCUT2D eigenvalue weighted by atomic mass is 10.1. The van der Waals surface area contributed by atoms with Gasteiger partial charge in [-0.3, -0.25) is 4.79 Å². The lowest BCUT2D eigenvalue weighted by molar-refractivity contribution is -0.117. The highest BCUT2D eigenvalue weighted by Gasteiger charge is 2.08. The van der Waals surface area contributed by atoms with Crippen LogP contribution in [0.3, 0.4) is 0 Å². The number of amides is 1. The summed E-state index contributed by atoms with van der Waals surface area (Å²) in [7, 11) is 1.73. The summed E-state index contributed by atoms with van der Waals surface area (Å²) in [4.78, 5) is 13.2. The van der Waals surface area contributed by atoms with Crippen LogP contribution in [-0.4, -0.2) is 32.7 Å². The number of rotatable bonds is 10. The van der Waals surface area contributed by atoms with E-state index in [0.717, 1.165) is 38.1 Å². The predicted molar refractivity (Wildman–Crippen MR) is 82.9 cm³/mol. The molecule has 4 heteroatoms. The van der Waals surface area contributed by atoms with Crippen LogP contribution in [0.4, 0.5) is 5.69 Å². The van der Waals surface area contributed by atoms with Gasteiger partial charge in [-0.1, -0.05) is 12.1 Å². The molecule has 1 aromatic carbocycles. The number of unbranched alkanes of at least 4 members (excludes halogenated alkanes) is 2. The molecule has 0 aliphatic heterocycles. The number of anilines is 1. The van der Waals surface area contributed by atoms with Crippen molar-refractivity contribution in [1.82, 2.24) is 0 Å². The minimum absolute atomic E-state index is 0.248. The first-order valence-electron chi connectivity index (χ1n) is 7.22. The molecule has 0 spiro atoms. The molecule has 112 valence electrons. The topological polar surface area (TPSA) is 55.6 Å². The molecule has 0 aliphatic carbocycles. The Hall–Kier alpha value is -1.55. The monoisotopic (exact) mass is 278 g/mol. The lowest BCUT2D eigenvalue weighted by Crippen LogP contribution is -2.29. The standard InChI is InChI=1S/C16H26N2O2/c1-14-7-6-8-15(13-14)18(11-9-16(17)19)10-4-3-5-12-20-2/h6-8,13H,3-5,9-12H2,1-2H3,(H2,17,19). The minimum atomic E-state index is -0.248. The van der Waals surface area contributed by atoms with Crippen molar-refractivity contribution in [1.29, 1.82) is 0 Å². The number of hydrogen-bond acceptors (Lipinski definition) is 3. The predicted octanol–water partition coefficient (Wildman–Crippen LogP) is 2.49. The second-order valence-corrected chi connectivity index (χ2v) is 5.10. The maximum Gasteiger partial charge on any atom is 0.219 e. The molecule has 20 heavy (non-hydrogen) atoms. The fraction of sp³-hybridized carbons (Fsp3) is 0.562. The number of carbonyl (C=O) groups is 1. The van der Waals surface area contributed by atoms with Crippen LogP contribution in [-0.2, 0) is 9.53 Å². The number of hydrogen-bond donors (Lipinski definition) is 1. The Labute approximate surface area is 121 Å². The van der Waals surface area contributed by atoms with Crippen LogP contribution in [0.1, 0.15) is 31.2 Å². The molecular formula is C16H26N2O2. The third-order valence-electron chi connectivity index (χ3n) is 3.27. The number of ether oxygens (including phenoxy) is 1. The Morgan fingerprint density at radius 2 is 2.05 bits per heavy atom. The van der Waals surface area contributed by atoms with Gasteiger partial charge in [0.2, 0.25) is 5.91 Å². The first kappa shape index (κ1) is 16.5. The summed E-state index contributed by atoms with van der Waals surface area (Å²) in [5.41, 5.74) is 7.65. The van der Waals surface area contributed by atoms with Crippen molar-refractivity contribution in [2.45, 2.75) is 32.6 Å². The Morgan fingerprint density at radius 1 is 1.25 bits per heavy atom. The molecule has 2 N–H and O–H groups in total. The van der Waals surface area contributed by atoms with Crippen LogP contribution < -0.4 is 10.6 Å². The minimum Gasteiger partial charge on any atom is -0.385 e. The largest absolute Gasteiger partial charge is 0.385 e. The van der Waals surface area contributed by atoms with Crippen molar-refractivity contribution in [2.24, 2.45) is 5.73 Å². The van der Waals surface area contributed by atoms with E-state index in [1.54, 1.807) is 7.11 Å². The fourth-order valence-electron chi connectivity index (χ4n) is 2.17. The second kappa shape index (κ2) is 9.37. The van der Waals surface area contributed by atoms with E-state index in [-0.39, 0.29) is 5.91 Å². The molecule has 0 saturated heterocycles. The summed E-state index contributed by atoms with van der Waals surface area (Å²) in [6.45, 7) is 4.52.